The number of carbonyl (C=O) groups is 1. The van der Waals surface area contributed by atoms with Crippen molar-refractivity contribution in [1.29, 1.82) is 0 Å². The van der Waals surface area contributed by atoms with Gasteiger partial charge in [-0.1, -0.05) is 6.92 Å². The number of nitrogens with zero attached hydrogens (tertiary/aromatic N) is 1. The van der Waals surface area contributed by atoms with Crippen LogP contribution in [0.1, 0.15) is 18.7 Å². The van der Waals surface area contributed by atoms with Crippen LogP contribution in [0.2, 0.25) is 0 Å². The van der Waals surface area contributed by atoms with Crippen molar-refractivity contribution in [3.05, 3.63) is 11.1 Å². The minimum Gasteiger partial charge on any atom is -0.396 e. The van der Waals surface area contributed by atoms with Crippen molar-refractivity contribution in [1.82, 2.24) is 10.3 Å². The third-order valence-electron chi connectivity index (χ3n) is 2.34. The van der Waals surface area contributed by atoms with Crippen molar-refractivity contribution < 1.29 is 9.90 Å². The highest BCUT2D eigenvalue weighted by atomic mass is 32.1. The highest BCUT2D eigenvalue weighted by Gasteiger charge is 2.14. The van der Waals surface area contributed by atoms with Crippen LogP contribution in [0.4, 0.5) is 9.93 Å². The van der Waals surface area contributed by atoms with Crippen LogP contribution in [0, 0.1) is 12.8 Å². The first-order valence-electron chi connectivity index (χ1n) is 5.13. The summed E-state index contributed by atoms with van der Waals surface area (Å²) in [6.07, 6.45) is 1.71. The summed E-state index contributed by atoms with van der Waals surface area (Å²) in [5, 5.41) is 14.9. The van der Waals surface area contributed by atoms with Crippen LogP contribution in [0.25, 0.3) is 0 Å². The summed E-state index contributed by atoms with van der Waals surface area (Å²) < 4.78 is 0. The number of nitrogens with one attached hydrogen (secondary N) is 2. The Morgan fingerprint density at radius 2 is 2.31 bits per heavy atom. The molecule has 0 aromatic carbocycles. The van der Waals surface area contributed by atoms with Gasteiger partial charge in [-0.15, -0.1) is 11.3 Å². The molecule has 1 rings (SSSR count). The Kier molecular flexibility index (Phi) is 4.70. The zero-order valence-corrected chi connectivity index (χ0v) is 10.5. The molecule has 2 unspecified atom stereocenters. The highest BCUT2D eigenvalue weighted by Crippen LogP contribution is 2.16. The molecular formula is C10H17N3O2S. The molecule has 2 amide bonds. The normalized spacial score (nSPS) is 14.2. The largest absolute Gasteiger partial charge is 0.396 e. The first-order chi connectivity index (χ1) is 7.52. The van der Waals surface area contributed by atoms with Crippen LogP contribution in [-0.2, 0) is 0 Å². The monoisotopic (exact) mass is 243 g/mol. The van der Waals surface area contributed by atoms with E-state index in [4.69, 9.17) is 5.11 Å². The zero-order chi connectivity index (χ0) is 12.1. The Bertz CT molecular complexity index is 354. The minimum absolute atomic E-state index is 0.0313. The maximum atomic E-state index is 11.5. The molecule has 0 saturated heterocycles. The summed E-state index contributed by atoms with van der Waals surface area (Å²) in [4.78, 5) is 16.6. The van der Waals surface area contributed by atoms with Crippen molar-refractivity contribution in [2.45, 2.75) is 26.8 Å². The van der Waals surface area contributed by atoms with E-state index in [0.29, 0.717) is 5.13 Å². The number of aryl methyl sites for hydroxylation is 1. The number of amides is 2. The smallest absolute Gasteiger partial charge is 0.321 e. The second-order valence-electron chi connectivity index (χ2n) is 3.82. The Hall–Kier alpha value is -1.14. The number of hydrogen-bond donors (Lipinski definition) is 3. The number of aromatic nitrogens is 1. The van der Waals surface area contributed by atoms with E-state index in [1.165, 1.54) is 11.3 Å². The molecule has 0 radical (unpaired) electrons. The van der Waals surface area contributed by atoms with E-state index >= 15 is 0 Å². The van der Waals surface area contributed by atoms with Gasteiger partial charge in [0.1, 0.15) is 0 Å². The number of aliphatic hydroxyl groups excluding tert-OH is 1. The average molecular weight is 243 g/mol. The summed E-state index contributed by atoms with van der Waals surface area (Å²) in [5.74, 6) is 0.0313. The van der Waals surface area contributed by atoms with Gasteiger partial charge in [0.25, 0.3) is 0 Å². The number of thiazole rings is 1. The zero-order valence-electron chi connectivity index (χ0n) is 9.65. The average Bonchev–Trinajstić information content (AvgIpc) is 2.62. The van der Waals surface area contributed by atoms with Gasteiger partial charge in [-0.3, -0.25) is 5.32 Å². The van der Waals surface area contributed by atoms with Crippen molar-refractivity contribution in [3.8, 4) is 0 Å². The van der Waals surface area contributed by atoms with Gasteiger partial charge in [0, 0.05) is 23.7 Å². The van der Waals surface area contributed by atoms with E-state index in [1.807, 2.05) is 20.8 Å². The predicted octanol–water partition coefficient (Wildman–Crippen LogP) is 1.59. The van der Waals surface area contributed by atoms with Crippen molar-refractivity contribution in [2.75, 3.05) is 11.9 Å². The Labute approximate surface area is 98.9 Å². The van der Waals surface area contributed by atoms with Crippen LogP contribution in [0.15, 0.2) is 6.20 Å². The number of rotatable bonds is 4. The van der Waals surface area contributed by atoms with E-state index in [-0.39, 0.29) is 24.6 Å². The van der Waals surface area contributed by atoms with Gasteiger partial charge >= 0.3 is 6.03 Å². The van der Waals surface area contributed by atoms with Gasteiger partial charge in [-0.2, -0.15) is 0 Å². The summed E-state index contributed by atoms with van der Waals surface area (Å²) in [6, 6.07) is -0.367. The van der Waals surface area contributed by atoms with Crippen LogP contribution in [0.5, 0.6) is 0 Å². The molecule has 0 aliphatic rings. The first kappa shape index (κ1) is 12.9. The molecule has 16 heavy (non-hydrogen) atoms. The predicted molar refractivity (Wildman–Crippen MR) is 64.7 cm³/mol. The summed E-state index contributed by atoms with van der Waals surface area (Å²) in [5.41, 5.74) is 0. The van der Waals surface area contributed by atoms with Crippen LogP contribution in [0.3, 0.4) is 0 Å². The van der Waals surface area contributed by atoms with Crippen molar-refractivity contribution in [3.63, 3.8) is 0 Å². The molecule has 0 saturated carbocycles. The van der Waals surface area contributed by atoms with E-state index in [0.717, 1.165) is 4.88 Å². The molecule has 3 N–H and O–H groups in total. The first-order valence-corrected chi connectivity index (χ1v) is 5.95. The second-order valence-corrected chi connectivity index (χ2v) is 5.06. The molecule has 0 aliphatic heterocycles. The lowest BCUT2D eigenvalue weighted by Gasteiger charge is -2.18. The van der Waals surface area contributed by atoms with Gasteiger partial charge in [-0.25, -0.2) is 9.78 Å². The maximum Gasteiger partial charge on any atom is 0.321 e. The minimum atomic E-state index is -0.290. The van der Waals surface area contributed by atoms with Gasteiger partial charge in [0.2, 0.25) is 0 Å². The highest BCUT2D eigenvalue weighted by molar-refractivity contribution is 7.15. The number of aliphatic hydroxyl groups is 1. The fourth-order valence-electron chi connectivity index (χ4n) is 1.05. The standard InChI is InChI=1S/C10H17N3O2S/c1-6(5-14)8(3)12-9(15)13-10-11-4-7(2)16-10/h4,6,8,14H,5H2,1-3H3,(H2,11,12,13,15). The molecular weight excluding hydrogens is 226 g/mol. The van der Waals surface area contributed by atoms with Gasteiger partial charge in [-0.05, 0) is 19.8 Å². The quantitative estimate of drug-likeness (QED) is 0.751. The van der Waals surface area contributed by atoms with Gasteiger partial charge < -0.3 is 10.4 Å². The van der Waals surface area contributed by atoms with E-state index in [2.05, 4.69) is 15.6 Å². The molecule has 0 aliphatic carbocycles. The molecule has 1 aromatic heterocycles. The van der Waals surface area contributed by atoms with Crippen LogP contribution in [-0.4, -0.2) is 28.8 Å². The van der Waals surface area contributed by atoms with Crippen LogP contribution >= 0.6 is 11.3 Å². The third-order valence-corrected chi connectivity index (χ3v) is 3.17. The SMILES string of the molecule is Cc1cnc(NC(=O)NC(C)C(C)CO)s1. The number of hydrogen-bond acceptors (Lipinski definition) is 4. The van der Waals surface area contributed by atoms with Crippen molar-refractivity contribution >= 4 is 22.5 Å². The molecule has 0 bridgehead atoms. The lowest BCUT2D eigenvalue weighted by Crippen LogP contribution is -2.40. The second kappa shape index (κ2) is 5.81. The summed E-state index contributed by atoms with van der Waals surface area (Å²) in [7, 11) is 0. The van der Waals surface area contributed by atoms with Crippen LogP contribution < -0.4 is 10.6 Å². The Morgan fingerprint density at radius 1 is 1.62 bits per heavy atom. The summed E-state index contributed by atoms with van der Waals surface area (Å²) in [6.45, 7) is 5.71. The molecule has 2 atom stereocenters. The van der Waals surface area contributed by atoms with E-state index in [9.17, 15) is 4.79 Å². The molecule has 1 heterocycles. The van der Waals surface area contributed by atoms with Gasteiger partial charge in [0.05, 0.1) is 0 Å². The topological polar surface area (TPSA) is 74.2 Å². The Morgan fingerprint density at radius 3 is 2.81 bits per heavy atom. The number of urea groups is 1. The number of anilines is 1. The van der Waals surface area contributed by atoms with Gasteiger partial charge in [0.15, 0.2) is 5.13 Å². The van der Waals surface area contributed by atoms with Crippen molar-refractivity contribution in [2.24, 2.45) is 5.92 Å². The lowest BCUT2D eigenvalue weighted by molar-refractivity contribution is 0.204. The fourth-order valence-corrected chi connectivity index (χ4v) is 1.71. The summed E-state index contributed by atoms with van der Waals surface area (Å²) >= 11 is 1.42. The number of carbonyl (C=O) groups excluding carboxylic acids is 1. The molecule has 0 spiro atoms. The molecule has 0 fully saturated rings. The third kappa shape index (κ3) is 3.79. The lowest BCUT2D eigenvalue weighted by atomic mass is 10.1. The van der Waals surface area contributed by atoms with E-state index < -0.39 is 0 Å². The molecule has 5 nitrogen and oxygen atoms in total. The fraction of sp³-hybridized carbons (Fsp3) is 0.600. The molecule has 90 valence electrons. The maximum absolute atomic E-state index is 11.5. The van der Waals surface area contributed by atoms with E-state index in [1.54, 1.807) is 6.20 Å². The Balaban J connectivity index is 2.42. The molecule has 1 aromatic rings. The molecule has 6 heteroatoms.